The zero-order valence-corrected chi connectivity index (χ0v) is 11.3. The van der Waals surface area contributed by atoms with Gasteiger partial charge in [-0.15, -0.1) is 0 Å². The Hall–Kier alpha value is -2.14. The molecule has 1 unspecified atom stereocenters. The minimum Gasteiger partial charge on any atom is -0.324 e. The lowest BCUT2D eigenvalue weighted by Gasteiger charge is -2.13. The van der Waals surface area contributed by atoms with Crippen LogP contribution in [-0.4, -0.2) is 15.7 Å². The normalized spacial score (nSPS) is 12.2. The SMILES string of the molecule is Cc1c(C(=O)Nc2ccccc2C(C)N)cnn1C. The summed E-state index contributed by atoms with van der Waals surface area (Å²) in [4.78, 5) is 12.2. The summed E-state index contributed by atoms with van der Waals surface area (Å²) in [5, 5.41) is 6.96. The van der Waals surface area contributed by atoms with E-state index in [2.05, 4.69) is 10.4 Å². The number of amides is 1. The number of aromatic nitrogens is 2. The maximum Gasteiger partial charge on any atom is 0.259 e. The highest BCUT2D eigenvalue weighted by atomic mass is 16.1. The van der Waals surface area contributed by atoms with Gasteiger partial charge in [0.2, 0.25) is 0 Å². The van der Waals surface area contributed by atoms with Crippen LogP contribution in [0.3, 0.4) is 0 Å². The van der Waals surface area contributed by atoms with Crippen molar-refractivity contribution in [1.82, 2.24) is 9.78 Å². The Morgan fingerprint density at radius 2 is 2.11 bits per heavy atom. The first-order valence-corrected chi connectivity index (χ1v) is 6.15. The van der Waals surface area contributed by atoms with Gasteiger partial charge in [0, 0.05) is 24.5 Å². The van der Waals surface area contributed by atoms with Crippen LogP contribution < -0.4 is 11.1 Å². The second kappa shape index (κ2) is 5.24. The molecule has 0 bridgehead atoms. The minimum atomic E-state index is -0.168. The van der Waals surface area contributed by atoms with Crippen molar-refractivity contribution in [1.29, 1.82) is 0 Å². The fraction of sp³-hybridized carbons (Fsp3) is 0.286. The molecule has 3 N–H and O–H groups in total. The molecule has 1 aromatic heterocycles. The number of para-hydroxylation sites is 1. The standard InChI is InChI=1S/C14H18N4O/c1-9(15)11-6-4-5-7-13(11)17-14(19)12-8-16-18(3)10(12)2/h4-9H,15H2,1-3H3,(H,17,19). The number of carbonyl (C=O) groups excluding carboxylic acids is 1. The van der Waals surface area contributed by atoms with Crippen molar-refractivity contribution in [2.24, 2.45) is 12.8 Å². The van der Waals surface area contributed by atoms with Gasteiger partial charge in [-0.05, 0) is 25.5 Å². The van der Waals surface area contributed by atoms with Crippen LogP contribution in [0.1, 0.15) is 34.6 Å². The van der Waals surface area contributed by atoms with E-state index in [1.165, 1.54) is 0 Å². The molecule has 0 aliphatic carbocycles. The third-order valence-electron chi connectivity index (χ3n) is 3.18. The van der Waals surface area contributed by atoms with Crippen LogP contribution in [0.15, 0.2) is 30.5 Å². The van der Waals surface area contributed by atoms with Crippen LogP contribution in [-0.2, 0) is 7.05 Å². The van der Waals surface area contributed by atoms with Crippen LogP contribution in [0.5, 0.6) is 0 Å². The van der Waals surface area contributed by atoms with Gasteiger partial charge in [-0.25, -0.2) is 0 Å². The Kier molecular flexibility index (Phi) is 3.66. The van der Waals surface area contributed by atoms with Gasteiger partial charge in [-0.3, -0.25) is 9.48 Å². The van der Waals surface area contributed by atoms with Crippen LogP contribution in [0, 0.1) is 6.92 Å². The third-order valence-corrected chi connectivity index (χ3v) is 3.18. The number of hydrogen-bond donors (Lipinski definition) is 2. The molecule has 5 nitrogen and oxygen atoms in total. The van der Waals surface area contributed by atoms with E-state index in [1.807, 2.05) is 45.2 Å². The molecule has 1 aromatic carbocycles. The molecule has 0 radical (unpaired) electrons. The van der Waals surface area contributed by atoms with Crippen molar-refractivity contribution in [2.75, 3.05) is 5.32 Å². The number of rotatable bonds is 3. The van der Waals surface area contributed by atoms with Gasteiger partial charge in [0.1, 0.15) is 0 Å². The summed E-state index contributed by atoms with van der Waals surface area (Å²) in [6.07, 6.45) is 1.57. The number of benzene rings is 1. The van der Waals surface area contributed by atoms with Crippen molar-refractivity contribution in [3.05, 3.63) is 47.3 Å². The fourth-order valence-corrected chi connectivity index (χ4v) is 1.92. The Bertz CT molecular complexity index is 601. The highest BCUT2D eigenvalue weighted by Gasteiger charge is 2.15. The number of carbonyl (C=O) groups is 1. The molecule has 5 heteroatoms. The fourth-order valence-electron chi connectivity index (χ4n) is 1.92. The summed E-state index contributed by atoms with van der Waals surface area (Å²) in [5.41, 5.74) is 8.95. The number of aryl methyl sites for hydroxylation is 1. The van der Waals surface area contributed by atoms with Crippen molar-refractivity contribution >= 4 is 11.6 Å². The number of anilines is 1. The largest absolute Gasteiger partial charge is 0.324 e. The lowest BCUT2D eigenvalue weighted by molar-refractivity contribution is 0.102. The van der Waals surface area contributed by atoms with Crippen molar-refractivity contribution in [3.63, 3.8) is 0 Å². The summed E-state index contributed by atoms with van der Waals surface area (Å²) >= 11 is 0. The lowest BCUT2D eigenvalue weighted by Crippen LogP contribution is -2.16. The summed E-state index contributed by atoms with van der Waals surface area (Å²) in [6.45, 7) is 3.75. The molecule has 0 saturated heterocycles. The van der Waals surface area contributed by atoms with Gasteiger partial charge in [0.25, 0.3) is 5.91 Å². The van der Waals surface area contributed by atoms with Gasteiger partial charge in [-0.2, -0.15) is 5.10 Å². The van der Waals surface area contributed by atoms with Crippen LogP contribution in [0.2, 0.25) is 0 Å². The van der Waals surface area contributed by atoms with Crippen LogP contribution in [0.25, 0.3) is 0 Å². The van der Waals surface area contributed by atoms with Crippen molar-refractivity contribution in [3.8, 4) is 0 Å². The summed E-state index contributed by atoms with van der Waals surface area (Å²) in [7, 11) is 1.81. The van der Waals surface area contributed by atoms with E-state index >= 15 is 0 Å². The van der Waals surface area contributed by atoms with E-state index in [0.717, 1.165) is 16.9 Å². The molecule has 0 saturated carbocycles. The molecule has 2 aromatic rings. The molecule has 19 heavy (non-hydrogen) atoms. The highest BCUT2D eigenvalue weighted by molar-refractivity contribution is 6.05. The maximum absolute atomic E-state index is 12.2. The first kappa shape index (κ1) is 13.3. The Morgan fingerprint density at radius 1 is 1.42 bits per heavy atom. The summed E-state index contributed by atoms with van der Waals surface area (Å²) in [5.74, 6) is -0.168. The molecule has 0 spiro atoms. The van der Waals surface area contributed by atoms with Gasteiger partial charge < -0.3 is 11.1 Å². The predicted octanol–water partition coefficient (Wildman–Crippen LogP) is 2.00. The predicted molar refractivity (Wildman–Crippen MR) is 74.9 cm³/mol. The summed E-state index contributed by atoms with van der Waals surface area (Å²) < 4.78 is 1.67. The third kappa shape index (κ3) is 2.66. The van der Waals surface area contributed by atoms with E-state index in [-0.39, 0.29) is 11.9 Å². The van der Waals surface area contributed by atoms with Gasteiger partial charge >= 0.3 is 0 Å². The zero-order valence-electron chi connectivity index (χ0n) is 11.3. The molecule has 100 valence electrons. The smallest absolute Gasteiger partial charge is 0.259 e. The molecule has 1 heterocycles. The molecule has 0 fully saturated rings. The maximum atomic E-state index is 12.2. The Balaban J connectivity index is 2.27. The number of nitrogens with two attached hydrogens (primary N) is 1. The topological polar surface area (TPSA) is 72.9 Å². The molecular weight excluding hydrogens is 240 g/mol. The van der Waals surface area contributed by atoms with Crippen LogP contribution in [0.4, 0.5) is 5.69 Å². The Morgan fingerprint density at radius 3 is 2.68 bits per heavy atom. The average molecular weight is 258 g/mol. The minimum absolute atomic E-state index is 0.133. The zero-order chi connectivity index (χ0) is 14.0. The van der Waals surface area contributed by atoms with E-state index < -0.39 is 0 Å². The number of hydrogen-bond acceptors (Lipinski definition) is 3. The average Bonchev–Trinajstić information content (AvgIpc) is 2.70. The first-order valence-electron chi connectivity index (χ1n) is 6.15. The van der Waals surface area contributed by atoms with Gasteiger partial charge in [0.05, 0.1) is 11.8 Å². The van der Waals surface area contributed by atoms with E-state index in [4.69, 9.17) is 5.73 Å². The molecule has 1 atom stereocenters. The van der Waals surface area contributed by atoms with E-state index in [0.29, 0.717) is 5.56 Å². The molecule has 0 aliphatic rings. The monoisotopic (exact) mass is 258 g/mol. The van der Waals surface area contributed by atoms with E-state index in [9.17, 15) is 4.79 Å². The highest BCUT2D eigenvalue weighted by Crippen LogP contribution is 2.21. The van der Waals surface area contributed by atoms with Crippen molar-refractivity contribution < 1.29 is 4.79 Å². The molecular formula is C14H18N4O. The summed E-state index contributed by atoms with van der Waals surface area (Å²) in [6, 6.07) is 7.41. The van der Waals surface area contributed by atoms with Crippen LogP contribution >= 0.6 is 0 Å². The van der Waals surface area contributed by atoms with Gasteiger partial charge in [-0.1, -0.05) is 18.2 Å². The molecule has 0 aliphatic heterocycles. The number of nitrogens with one attached hydrogen (secondary N) is 1. The second-order valence-corrected chi connectivity index (χ2v) is 4.60. The quantitative estimate of drug-likeness (QED) is 0.884. The lowest BCUT2D eigenvalue weighted by atomic mass is 10.1. The molecule has 2 rings (SSSR count). The Labute approximate surface area is 112 Å². The van der Waals surface area contributed by atoms with Crippen molar-refractivity contribution in [2.45, 2.75) is 19.9 Å². The van der Waals surface area contributed by atoms with Gasteiger partial charge in [0.15, 0.2) is 0 Å². The molecule has 1 amide bonds. The first-order chi connectivity index (χ1) is 9.00. The second-order valence-electron chi connectivity index (χ2n) is 4.60. The van der Waals surface area contributed by atoms with E-state index in [1.54, 1.807) is 10.9 Å². The number of nitrogens with zero attached hydrogens (tertiary/aromatic N) is 2.